The van der Waals surface area contributed by atoms with Crippen molar-refractivity contribution in [1.29, 1.82) is 0 Å². The van der Waals surface area contributed by atoms with Crippen molar-refractivity contribution in [3.05, 3.63) is 64.7 Å². The van der Waals surface area contributed by atoms with Gasteiger partial charge in [0, 0.05) is 35.9 Å². The summed E-state index contributed by atoms with van der Waals surface area (Å²) in [6.07, 6.45) is -4.44. The third-order valence-electron chi connectivity index (χ3n) is 4.47. The molecule has 144 valence electrons. The van der Waals surface area contributed by atoms with Crippen LogP contribution in [0.15, 0.2) is 48.5 Å². The molecule has 27 heavy (non-hydrogen) atoms. The highest BCUT2D eigenvalue weighted by Gasteiger charge is 2.33. The third kappa shape index (κ3) is 4.73. The van der Waals surface area contributed by atoms with Gasteiger partial charge in [0.2, 0.25) is 0 Å². The summed E-state index contributed by atoms with van der Waals surface area (Å²) in [4.78, 5) is 13.7. The molecule has 2 aromatic carbocycles. The molecule has 2 aromatic rings. The number of carbonyl (C=O) groups excluding carboxylic acids is 1. The fraction of sp³-hybridized carbons (Fsp3) is 0.316. The van der Waals surface area contributed by atoms with Crippen LogP contribution >= 0.6 is 11.6 Å². The van der Waals surface area contributed by atoms with Crippen molar-refractivity contribution in [3.63, 3.8) is 0 Å². The van der Waals surface area contributed by atoms with E-state index in [1.165, 1.54) is 17.0 Å². The molecule has 2 amide bonds. The summed E-state index contributed by atoms with van der Waals surface area (Å²) in [6, 6.07) is 11.8. The van der Waals surface area contributed by atoms with E-state index in [0.29, 0.717) is 18.1 Å². The second-order valence-electron chi connectivity index (χ2n) is 6.52. The Morgan fingerprint density at radius 3 is 2.56 bits per heavy atom. The van der Waals surface area contributed by atoms with Gasteiger partial charge < -0.3 is 15.5 Å². The molecule has 3 rings (SSSR count). The van der Waals surface area contributed by atoms with E-state index in [2.05, 4.69) is 10.6 Å². The molecular formula is C19H19ClF3N3O. The summed E-state index contributed by atoms with van der Waals surface area (Å²) in [7, 11) is 0. The molecule has 1 saturated heterocycles. The van der Waals surface area contributed by atoms with Gasteiger partial charge in [-0.3, -0.25) is 0 Å². The molecule has 1 atom stereocenters. The first-order chi connectivity index (χ1) is 12.7. The van der Waals surface area contributed by atoms with Gasteiger partial charge in [-0.1, -0.05) is 35.9 Å². The molecular weight excluding hydrogens is 379 g/mol. The predicted octanol–water partition coefficient (Wildman–Crippen LogP) is 4.93. The Kier molecular flexibility index (Phi) is 5.62. The van der Waals surface area contributed by atoms with Crippen LogP contribution in [0.3, 0.4) is 0 Å². The Labute approximate surface area is 160 Å². The number of alkyl halides is 3. The number of hydrogen-bond donors (Lipinski definition) is 2. The van der Waals surface area contributed by atoms with Crippen molar-refractivity contribution >= 4 is 23.3 Å². The highest BCUT2D eigenvalue weighted by atomic mass is 35.5. The Balaban J connectivity index is 1.51. The predicted molar refractivity (Wildman–Crippen MR) is 98.8 cm³/mol. The molecule has 8 heteroatoms. The lowest BCUT2D eigenvalue weighted by Crippen LogP contribution is -2.61. The minimum Gasteiger partial charge on any atom is -0.321 e. The lowest BCUT2D eigenvalue weighted by molar-refractivity contribution is -0.137. The van der Waals surface area contributed by atoms with Gasteiger partial charge in [0.1, 0.15) is 0 Å². The van der Waals surface area contributed by atoms with E-state index in [-0.39, 0.29) is 17.8 Å². The van der Waals surface area contributed by atoms with Gasteiger partial charge >= 0.3 is 12.2 Å². The zero-order chi connectivity index (χ0) is 19.6. The number of halogens is 4. The van der Waals surface area contributed by atoms with Gasteiger partial charge in [0.15, 0.2) is 0 Å². The number of hydrogen-bond acceptors (Lipinski definition) is 2. The standard InChI is InChI=1S/C19H19ClF3N3O/c1-12(16-7-2-3-8-17(16)20)24-15-10-26(11-15)18(27)25-14-6-4-5-13(9-14)19(21,22)23/h2-9,12,15,24H,10-11H2,1H3,(H,25,27). The van der Waals surface area contributed by atoms with Gasteiger partial charge in [0.05, 0.1) is 5.56 Å². The van der Waals surface area contributed by atoms with Crippen LogP contribution in [0.25, 0.3) is 0 Å². The average Bonchev–Trinajstić information content (AvgIpc) is 2.57. The van der Waals surface area contributed by atoms with Gasteiger partial charge in [-0.15, -0.1) is 0 Å². The van der Waals surface area contributed by atoms with Crippen LogP contribution < -0.4 is 10.6 Å². The quantitative estimate of drug-likeness (QED) is 0.768. The second-order valence-corrected chi connectivity index (χ2v) is 6.93. The molecule has 0 bridgehead atoms. The average molecular weight is 398 g/mol. The maximum Gasteiger partial charge on any atom is 0.416 e. The molecule has 1 unspecified atom stereocenters. The summed E-state index contributed by atoms with van der Waals surface area (Å²) in [5, 5.41) is 6.58. The molecule has 2 N–H and O–H groups in total. The first kappa shape index (κ1) is 19.5. The fourth-order valence-corrected chi connectivity index (χ4v) is 3.29. The van der Waals surface area contributed by atoms with Crippen LogP contribution in [0.5, 0.6) is 0 Å². The molecule has 0 radical (unpaired) electrons. The summed E-state index contributed by atoms with van der Waals surface area (Å²) in [5.74, 6) is 0. The number of rotatable bonds is 4. The first-order valence-corrected chi connectivity index (χ1v) is 8.85. The van der Waals surface area contributed by atoms with E-state index in [0.717, 1.165) is 17.7 Å². The number of urea groups is 1. The number of anilines is 1. The summed E-state index contributed by atoms with van der Waals surface area (Å²) in [5.41, 5.74) is 0.304. The number of amides is 2. The summed E-state index contributed by atoms with van der Waals surface area (Å²) in [6.45, 7) is 2.94. The molecule has 1 fully saturated rings. The number of benzene rings is 2. The molecule has 0 spiro atoms. The minimum absolute atomic E-state index is 0.0254. The second kappa shape index (κ2) is 7.78. The third-order valence-corrected chi connectivity index (χ3v) is 4.81. The van der Waals surface area contributed by atoms with E-state index in [4.69, 9.17) is 11.6 Å². The van der Waals surface area contributed by atoms with Crippen molar-refractivity contribution in [2.24, 2.45) is 0 Å². The fourth-order valence-electron chi connectivity index (χ4n) is 3.00. The van der Waals surface area contributed by atoms with E-state index < -0.39 is 17.8 Å². The maximum atomic E-state index is 12.7. The van der Waals surface area contributed by atoms with E-state index >= 15 is 0 Å². The number of carbonyl (C=O) groups is 1. The first-order valence-electron chi connectivity index (χ1n) is 8.47. The topological polar surface area (TPSA) is 44.4 Å². The van der Waals surface area contributed by atoms with Gasteiger partial charge in [0.25, 0.3) is 0 Å². The van der Waals surface area contributed by atoms with Crippen LogP contribution in [0, 0.1) is 0 Å². The van der Waals surface area contributed by atoms with Crippen molar-refractivity contribution in [2.75, 3.05) is 18.4 Å². The Hall–Kier alpha value is -2.25. The van der Waals surface area contributed by atoms with Crippen molar-refractivity contribution in [3.8, 4) is 0 Å². The summed E-state index contributed by atoms with van der Waals surface area (Å²) < 4.78 is 38.2. The Morgan fingerprint density at radius 1 is 1.19 bits per heavy atom. The zero-order valence-electron chi connectivity index (χ0n) is 14.6. The normalized spacial score (nSPS) is 16.0. The van der Waals surface area contributed by atoms with Crippen molar-refractivity contribution < 1.29 is 18.0 Å². The molecule has 0 saturated carbocycles. The number of nitrogens with one attached hydrogen (secondary N) is 2. The van der Waals surface area contributed by atoms with Crippen LogP contribution in [0.1, 0.15) is 24.1 Å². The Morgan fingerprint density at radius 2 is 1.89 bits per heavy atom. The van der Waals surface area contributed by atoms with Crippen LogP contribution in [-0.4, -0.2) is 30.1 Å². The monoisotopic (exact) mass is 397 g/mol. The van der Waals surface area contributed by atoms with E-state index in [9.17, 15) is 18.0 Å². The van der Waals surface area contributed by atoms with Gasteiger partial charge in [-0.05, 0) is 36.8 Å². The highest BCUT2D eigenvalue weighted by molar-refractivity contribution is 6.31. The SMILES string of the molecule is CC(NC1CN(C(=O)Nc2cccc(C(F)(F)F)c2)C1)c1ccccc1Cl. The highest BCUT2D eigenvalue weighted by Crippen LogP contribution is 2.31. The maximum absolute atomic E-state index is 12.7. The lowest BCUT2D eigenvalue weighted by Gasteiger charge is -2.41. The van der Waals surface area contributed by atoms with Crippen LogP contribution in [0.2, 0.25) is 5.02 Å². The molecule has 0 aliphatic carbocycles. The molecule has 0 aromatic heterocycles. The van der Waals surface area contributed by atoms with Gasteiger partial charge in [-0.2, -0.15) is 13.2 Å². The van der Waals surface area contributed by atoms with Gasteiger partial charge in [-0.25, -0.2) is 4.79 Å². The smallest absolute Gasteiger partial charge is 0.321 e. The summed E-state index contributed by atoms with van der Waals surface area (Å²) >= 11 is 6.18. The molecule has 1 aliphatic heterocycles. The lowest BCUT2D eigenvalue weighted by atomic mass is 10.0. The molecule has 4 nitrogen and oxygen atoms in total. The van der Waals surface area contributed by atoms with Crippen molar-refractivity contribution in [1.82, 2.24) is 10.2 Å². The minimum atomic E-state index is -4.44. The number of likely N-dealkylation sites (tertiary alicyclic amines) is 1. The molecule has 1 aliphatic rings. The largest absolute Gasteiger partial charge is 0.416 e. The number of nitrogens with zero attached hydrogens (tertiary/aromatic N) is 1. The zero-order valence-corrected chi connectivity index (χ0v) is 15.3. The van der Waals surface area contributed by atoms with E-state index in [1.807, 2.05) is 31.2 Å². The van der Waals surface area contributed by atoms with Crippen molar-refractivity contribution in [2.45, 2.75) is 25.2 Å². The van der Waals surface area contributed by atoms with Crippen LogP contribution in [-0.2, 0) is 6.18 Å². The van der Waals surface area contributed by atoms with Crippen LogP contribution in [0.4, 0.5) is 23.7 Å². The Bertz CT molecular complexity index is 822. The molecule has 1 heterocycles. The van der Waals surface area contributed by atoms with E-state index in [1.54, 1.807) is 0 Å².